The van der Waals surface area contributed by atoms with Gasteiger partial charge in [0.15, 0.2) is 0 Å². The molecule has 0 radical (unpaired) electrons. The third kappa shape index (κ3) is 11.1. The van der Waals surface area contributed by atoms with Crippen LogP contribution in [0.4, 0.5) is 10.5 Å². The number of rotatable bonds is 2. The smallest absolute Gasteiger partial charge is 0.318 e. The lowest BCUT2D eigenvalue weighted by atomic mass is 10.2. The lowest BCUT2D eigenvalue weighted by Crippen LogP contribution is -2.24. The third-order valence-corrected chi connectivity index (χ3v) is 2.24. The Balaban J connectivity index is 0. The van der Waals surface area contributed by atoms with Crippen molar-refractivity contribution in [3.63, 3.8) is 0 Å². The predicted molar refractivity (Wildman–Crippen MR) is 85.1 cm³/mol. The van der Waals surface area contributed by atoms with Crippen molar-refractivity contribution in [2.45, 2.75) is 27.2 Å². The zero-order valence-electron chi connectivity index (χ0n) is 12.3. The predicted octanol–water partition coefficient (Wildman–Crippen LogP) is 3.63. The molecule has 1 rings (SSSR count). The highest BCUT2D eigenvalue weighted by molar-refractivity contribution is 6.31. The molecule has 0 spiro atoms. The Bertz CT molecular complexity index is 436. The molecule has 110 valence electrons. The molecule has 2 N–H and O–H groups in total. The molecule has 0 aliphatic rings. The van der Waals surface area contributed by atoms with Gasteiger partial charge in [-0.3, -0.25) is 0 Å². The molecule has 0 aliphatic heterocycles. The highest BCUT2D eigenvalue weighted by Crippen LogP contribution is 2.18. The third-order valence-electron chi connectivity index (χ3n) is 2.02. The van der Waals surface area contributed by atoms with Gasteiger partial charge >= 0.3 is 6.03 Å². The Hall–Kier alpha value is -1.99. The number of halogens is 1. The molecule has 0 bridgehead atoms. The van der Waals surface area contributed by atoms with Crippen molar-refractivity contribution < 1.29 is 9.59 Å². The molecule has 0 atom stereocenters. The second-order valence-corrected chi connectivity index (χ2v) is 4.21. The van der Waals surface area contributed by atoms with Gasteiger partial charge in [0.05, 0.1) is 0 Å². The van der Waals surface area contributed by atoms with Crippen molar-refractivity contribution in [3.8, 4) is 12.8 Å². The van der Waals surface area contributed by atoms with E-state index in [0.29, 0.717) is 17.1 Å². The summed E-state index contributed by atoms with van der Waals surface area (Å²) in [6.07, 6.45) is 8.67. The van der Waals surface area contributed by atoms with Gasteiger partial charge in [0.25, 0.3) is 0 Å². The summed E-state index contributed by atoms with van der Waals surface area (Å²) < 4.78 is 0. The van der Waals surface area contributed by atoms with Crippen LogP contribution in [0.5, 0.6) is 0 Å². The van der Waals surface area contributed by atoms with Gasteiger partial charge < -0.3 is 15.4 Å². The highest BCUT2D eigenvalue weighted by Gasteiger charge is 1.99. The normalized spacial score (nSPS) is 8.15. The number of nitrogens with one attached hydrogen (secondary N) is 2. The van der Waals surface area contributed by atoms with Crippen molar-refractivity contribution in [2.75, 3.05) is 12.4 Å². The number of terminal acetylenes is 1. The average Bonchev–Trinajstić information content (AvgIpc) is 2.40. The van der Waals surface area contributed by atoms with Gasteiger partial charge in [-0.25, -0.2) is 4.79 Å². The molecule has 20 heavy (non-hydrogen) atoms. The molecule has 5 heteroatoms. The van der Waals surface area contributed by atoms with Crippen molar-refractivity contribution in [2.24, 2.45) is 0 Å². The minimum atomic E-state index is -0.248. The highest BCUT2D eigenvalue weighted by atomic mass is 35.5. The van der Waals surface area contributed by atoms with Crippen molar-refractivity contribution >= 4 is 29.1 Å². The van der Waals surface area contributed by atoms with Crippen LogP contribution in [0.15, 0.2) is 18.2 Å². The second-order valence-electron chi connectivity index (χ2n) is 3.78. The SMILES string of the molecule is C#C.CCC(C)=O.CNC(=O)Nc1cc(C)cc(Cl)c1. The fraction of sp³-hybridized carbons (Fsp3) is 0.333. The first-order valence-electron chi connectivity index (χ1n) is 5.97. The number of amides is 2. The van der Waals surface area contributed by atoms with Gasteiger partial charge in [-0.2, -0.15) is 0 Å². The summed E-state index contributed by atoms with van der Waals surface area (Å²) in [6.45, 7) is 5.35. The van der Waals surface area contributed by atoms with E-state index in [2.05, 4.69) is 23.5 Å². The molecule has 2 amide bonds. The molecule has 1 aromatic rings. The Morgan fingerprint density at radius 1 is 1.25 bits per heavy atom. The lowest BCUT2D eigenvalue weighted by Gasteiger charge is -2.05. The zero-order valence-corrected chi connectivity index (χ0v) is 13.0. The number of urea groups is 1. The number of carbonyl (C=O) groups is 2. The summed E-state index contributed by atoms with van der Waals surface area (Å²) in [4.78, 5) is 20.8. The van der Waals surface area contributed by atoms with E-state index in [1.54, 1.807) is 20.0 Å². The Labute approximate surface area is 125 Å². The number of hydrogen-bond donors (Lipinski definition) is 2. The Morgan fingerprint density at radius 2 is 1.75 bits per heavy atom. The maximum atomic E-state index is 10.9. The first-order chi connectivity index (χ1) is 9.38. The van der Waals surface area contributed by atoms with Crippen LogP contribution in [0.3, 0.4) is 0 Å². The van der Waals surface area contributed by atoms with Gasteiger partial charge in [-0.1, -0.05) is 18.5 Å². The number of anilines is 1. The first-order valence-corrected chi connectivity index (χ1v) is 6.35. The fourth-order valence-electron chi connectivity index (χ4n) is 1.00. The summed E-state index contributed by atoms with van der Waals surface area (Å²) in [6, 6.07) is 5.13. The molecule has 0 aromatic heterocycles. The number of hydrogen-bond acceptors (Lipinski definition) is 2. The quantitative estimate of drug-likeness (QED) is 0.819. The van der Waals surface area contributed by atoms with Crippen LogP contribution in [0.2, 0.25) is 5.02 Å². The monoisotopic (exact) mass is 296 g/mol. The maximum Gasteiger partial charge on any atom is 0.318 e. The van der Waals surface area contributed by atoms with Crippen molar-refractivity contribution in [1.82, 2.24) is 5.32 Å². The molecule has 4 nitrogen and oxygen atoms in total. The van der Waals surface area contributed by atoms with Gasteiger partial charge in [-0.15, -0.1) is 12.8 Å². The average molecular weight is 297 g/mol. The van der Waals surface area contributed by atoms with Crippen LogP contribution < -0.4 is 10.6 Å². The van der Waals surface area contributed by atoms with Gasteiger partial charge in [0.1, 0.15) is 5.78 Å². The minimum absolute atomic E-state index is 0.248. The van der Waals surface area contributed by atoms with E-state index in [1.165, 1.54) is 0 Å². The molecule has 1 aromatic carbocycles. The number of ketones is 1. The van der Waals surface area contributed by atoms with Gasteiger partial charge in [0.2, 0.25) is 0 Å². The van der Waals surface area contributed by atoms with E-state index < -0.39 is 0 Å². The van der Waals surface area contributed by atoms with E-state index in [1.807, 2.05) is 26.0 Å². The number of benzene rings is 1. The van der Waals surface area contributed by atoms with E-state index >= 15 is 0 Å². The molecular formula is C15H21ClN2O2. The van der Waals surface area contributed by atoms with Crippen LogP contribution in [-0.2, 0) is 4.79 Å². The van der Waals surface area contributed by atoms with Gasteiger partial charge in [-0.05, 0) is 37.6 Å². The molecule has 0 heterocycles. The van der Waals surface area contributed by atoms with E-state index in [-0.39, 0.29) is 11.8 Å². The van der Waals surface area contributed by atoms with Crippen molar-refractivity contribution in [3.05, 3.63) is 28.8 Å². The first kappa shape index (κ1) is 20.3. The fourth-order valence-corrected chi connectivity index (χ4v) is 1.29. The standard InChI is InChI=1S/C9H11ClN2O.C4H8O.C2H2/c1-6-3-7(10)5-8(4-6)12-9(13)11-2;1-3-4(2)5;1-2/h3-5H,1-2H3,(H2,11,12,13);3H2,1-2H3;1-2H. The molecular weight excluding hydrogens is 276 g/mol. The zero-order chi connectivity index (χ0) is 16.1. The van der Waals surface area contributed by atoms with Gasteiger partial charge in [0, 0.05) is 24.2 Å². The summed E-state index contributed by atoms with van der Waals surface area (Å²) in [5, 5.41) is 5.72. The summed E-state index contributed by atoms with van der Waals surface area (Å²) >= 11 is 5.81. The topological polar surface area (TPSA) is 58.2 Å². The number of aryl methyl sites for hydroxylation is 1. The summed E-state index contributed by atoms with van der Waals surface area (Å²) in [7, 11) is 1.56. The van der Waals surface area contributed by atoms with E-state index in [4.69, 9.17) is 11.6 Å². The molecule has 0 unspecified atom stereocenters. The Morgan fingerprint density at radius 3 is 2.10 bits per heavy atom. The molecule has 0 saturated heterocycles. The minimum Gasteiger partial charge on any atom is -0.341 e. The maximum absolute atomic E-state index is 10.9. The second kappa shape index (κ2) is 12.1. The molecule has 0 fully saturated rings. The van der Waals surface area contributed by atoms with Crippen LogP contribution in [0.25, 0.3) is 0 Å². The van der Waals surface area contributed by atoms with Crippen LogP contribution >= 0.6 is 11.6 Å². The Kier molecular flexibility index (Phi) is 12.3. The number of carbonyl (C=O) groups excluding carboxylic acids is 2. The lowest BCUT2D eigenvalue weighted by molar-refractivity contribution is -0.116. The van der Waals surface area contributed by atoms with E-state index in [0.717, 1.165) is 5.56 Å². The van der Waals surface area contributed by atoms with Crippen LogP contribution in [0, 0.1) is 19.8 Å². The van der Waals surface area contributed by atoms with Crippen LogP contribution in [-0.4, -0.2) is 18.9 Å². The van der Waals surface area contributed by atoms with Crippen LogP contribution in [0.1, 0.15) is 25.8 Å². The summed E-state index contributed by atoms with van der Waals surface area (Å²) in [5.41, 5.74) is 1.71. The van der Waals surface area contributed by atoms with Crippen molar-refractivity contribution in [1.29, 1.82) is 0 Å². The largest absolute Gasteiger partial charge is 0.341 e. The number of Topliss-reactive ketones (excluding diaryl/α,β-unsaturated/α-hetero) is 1. The molecule has 0 saturated carbocycles. The summed E-state index contributed by atoms with van der Waals surface area (Å²) in [5.74, 6) is 0.255. The van der Waals surface area contributed by atoms with E-state index in [9.17, 15) is 9.59 Å². The molecule has 0 aliphatic carbocycles.